The molecule has 0 saturated heterocycles. The predicted octanol–water partition coefficient (Wildman–Crippen LogP) is 3.17. The molecule has 1 heterocycles. The lowest BCUT2D eigenvalue weighted by Crippen LogP contribution is -2.19. The molecule has 0 bridgehead atoms. The summed E-state index contributed by atoms with van der Waals surface area (Å²) in [6, 6.07) is 4.85. The van der Waals surface area contributed by atoms with E-state index < -0.39 is 0 Å². The molecule has 1 aromatic heterocycles. The number of halogens is 1. The number of aromatic nitrogens is 1. The number of benzene rings is 1. The van der Waals surface area contributed by atoms with Crippen molar-refractivity contribution in [3.05, 3.63) is 41.2 Å². The van der Waals surface area contributed by atoms with Gasteiger partial charge in [0.05, 0.1) is 6.61 Å². The third-order valence-corrected chi connectivity index (χ3v) is 4.43. The largest absolute Gasteiger partial charge is 0.383 e. The van der Waals surface area contributed by atoms with Gasteiger partial charge in [-0.15, -0.1) is 11.3 Å². The molecule has 0 aliphatic carbocycles. The van der Waals surface area contributed by atoms with Gasteiger partial charge in [-0.2, -0.15) is 0 Å². The minimum absolute atomic E-state index is 0.216. The van der Waals surface area contributed by atoms with Crippen molar-refractivity contribution in [2.45, 2.75) is 15.8 Å². The second-order valence-corrected chi connectivity index (χ2v) is 6.01. The van der Waals surface area contributed by atoms with Crippen LogP contribution < -0.4 is 5.32 Å². The van der Waals surface area contributed by atoms with Gasteiger partial charge in [0.25, 0.3) is 0 Å². The van der Waals surface area contributed by atoms with Crippen molar-refractivity contribution < 1.29 is 9.13 Å². The molecule has 2 aromatic rings. The van der Waals surface area contributed by atoms with Gasteiger partial charge in [-0.05, 0) is 23.8 Å². The monoisotopic (exact) mass is 298 g/mol. The first-order valence-electron chi connectivity index (χ1n) is 5.85. The second-order valence-electron chi connectivity index (χ2n) is 3.82. The van der Waals surface area contributed by atoms with Gasteiger partial charge >= 0.3 is 0 Å². The summed E-state index contributed by atoms with van der Waals surface area (Å²) < 4.78 is 19.3. The Bertz CT molecular complexity index is 505. The van der Waals surface area contributed by atoms with E-state index in [-0.39, 0.29) is 5.82 Å². The molecule has 6 heteroatoms. The Morgan fingerprint density at radius 3 is 3.11 bits per heavy atom. The quantitative estimate of drug-likeness (QED) is 0.796. The van der Waals surface area contributed by atoms with Gasteiger partial charge in [0.2, 0.25) is 0 Å². The van der Waals surface area contributed by atoms with Crippen molar-refractivity contribution in [2.24, 2.45) is 0 Å². The second kappa shape index (κ2) is 7.59. The van der Waals surface area contributed by atoms with Gasteiger partial charge in [-0.1, -0.05) is 11.8 Å². The standard InChI is InChI=1S/C13H15FN2OS2/c1-17-6-4-15-9-10-8-11(14)2-3-12(10)19-13-16-5-7-18-13/h2-3,5,7-8,15H,4,6,9H2,1H3. The number of rotatable bonds is 7. The molecule has 102 valence electrons. The lowest BCUT2D eigenvalue weighted by Gasteiger charge is -2.09. The van der Waals surface area contributed by atoms with Crippen LogP contribution >= 0.6 is 23.1 Å². The van der Waals surface area contributed by atoms with Crippen molar-refractivity contribution in [3.63, 3.8) is 0 Å². The minimum atomic E-state index is -0.216. The highest BCUT2D eigenvalue weighted by molar-refractivity contribution is 8.01. The smallest absolute Gasteiger partial charge is 0.154 e. The van der Waals surface area contributed by atoms with E-state index in [9.17, 15) is 4.39 Å². The summed E-state index contributed by atoms with van der Waals surface area (Å²) in [5.74, 6) is -0.216. The molecule has 1 N–H and O–H groups in total. The van der Waals surface area contributed by atoms with Crippen LogP contribution in [0.3, 0.4) is 0 Å². The third kappa shape index (κ3) is 4.58. The van der Waals surface area contributed by atoms with Gasteiger partial charge in [-0.25, -0.2) is 9.37 Å². The summed E-state index contributed by atoms with van der Waals surface area (Å²) in [4.78, 5) is 5.26. The lowest BCUT2D eigenvalue weighted by molar-refractivity contribution is 0.199. The van der Waals surface area contributed by atoms with Crippen molar-refractivity contribution in [3.8, 4) is 0 Å². The Kier molecular flexibility index (Phi) is 5.78. The van der Waals surface area contributed by atoms with E-state index in [1.54, 1.807) is 48.5 Å². The number of methoxy groups -OCH3 is 1. The van der Waals surface area contributed by atoms with E-state index >= 15 is 0 Å². The Morgan fingerprint density at radius 2 is 2.37 bits per heavy atom. The summed E-state index contributed by atoms with van der Waals surface area (Å²) in [5, 5.41) is 5.16. The Labute approximate surface area is 120 Å². The molecule has 19 heavy (non-hydrogen) atoms. The van der Waals surface area contributed by atoms with Crippen LogP contribution in [0.2, 0.25) is 0 Å². The molecular formula is C13H15FN2OS2. The number of nitrogens with zero attached hydrogens (tertiary/aromatic N) is 1. The van der Waals surface area contributed by atoms with Crippen LogP contribution in [0.15, 0.2) is 39.0 Å². The number of ether oxygens (including phenoxy) is 1. The number of hydrogen-bond donors (Lipinski definition) is 1. The molecule has 0 atom stereocenters. The molecule has 0 fully saturated rings. The zero-order valence-corrected chi connectivity index (χ0v) is 12.2. The number of nitrogens with one attached hydrogen (secondary N) is 1. The van der Waals surface area contributed by atoms with Gasteiger partial charge in [0, 0.05) is 36.7 Å². The van der Waals surface area contributed by atoms with Crippen LogP contribution in [0.5, 0.6) is 0 Å². The number of thiazole rings is 1. The molecule has 0 unspecified atom stereocenters. The fraction of sp³-hybridized carbons (Fsp3) is 0.308. The van der Waals surface area contributed by atoms with Crippen LogP contribution in [0, 0.1) is 5.82 Å². The van der Waals surface area contributed by atoms with E-state index in [1.807, 2.05) is 5.38 Å². The highest BCUT2D eigenvalue weighted by Crippen LogP contribution is 2.32. The maximum atomic E-state index is 13.3. The average Bonchev–Trinajstić information content (AvgIpc) is 2.90. The van der Waals surface area contributed by atoms with E-state index in [0.717, 1.165) is 21.3 Å². The summed E-state index contributed by atoms with van der Waals surface area (Å²) in [6.07, 6.45) is 1.77. The fourth-order valence-corrected chi connectivity index (χ4v) is 3.23. The highest BCUT2D eigenvalue weighted by Gasteiger charge is 2.07. The van der Waals surface area contributed by atoms with Gasteiger partial charge in [0.15, 0.2) is 4.34 Å². The van der Waals surface area contributed by atoms with Gasteiger partial charge < -0.3 is 10.1 Å². The molecule has 0 saturated carbocycles. The first-order chi connectivity index (χ1) is 9.29. The molecule has 0 radical (unpaired) electrons. The zero-order valence-electron chi connectivity index (χ0n) is 10.6. The van der Waals surface area contributed by atoms with Gasteiger partial charge in [0.1, 0.15) is 5.82 Å². The predicted molar refractivity (Wildman–Crippen MR) is 76.2 cm³/mol. The first-order valence-corrected chi connectivity index (χ1v) is 7.54. The van der Waals surface area contributed by atoms with Crippen LogP contribution in [-0.2, 0) is 11.3 Å². The molecule has 0 amide bonds. The Morgan fingerprint density at radius 1 is 1.47 bits per heavy atom. The van der Waals surface area contributed by atoms with Crippen LogP contribution in [0.25, 0.3) is 0 Å². The van der Waals surface area contributed by atoms with Crippen molar-refractivity contribution in [1.29, 1.82) is 0 Å². The molecule has 0 aliphatic rings. The Hall–Kier alpha value is -0.950. The molecule has 2 rings (SSSR count). The van der Waals surface area contributed by atoms with E-state index in [2.05, 4.69) is 10.3 Å². The fourth-order valence-electron chi connectivity index (χ4n) is 1.54. The SMILES string of the molecule is COCCNCc1cc(F)ccc1Sc1nccs1. The van der Waals surface area contributed by atoms with E-state index in [0.29, 0.717) is 13.2 Å². The normalized spacial score (nSPS) is 10.8. The maximum Gasteiger partial charge on any atom is 0.154 e. The molecular weight excluding hydrogens is 283 g/mol. The summed E-state index contributed by atoms with van der Waals surface area (Å²) >= 11 is 3.14. The minimum Gasteiger partial charge on any atom is -0.383 e. The summed E-state index contributed by atoms with van der Waals surface area (Å²) in [6.45, 7) is 2.01. The third-order valence-electron chi connectivity index (χ3n) is 2.43. The Balaban J connectivity index is 2.04. The van der Waals surface area contributed by atoms with Gasteiger partial charge in [-0.3, -0.25) is 0 Å². The van der Waals surface area contributed by atoms with Crippen LogP contribution in [0.4, 0.5) is 4.39 Å². The molecule has 1 aromatic carbocycles. The average molecular weight is 298 g/mol. The first kappa shape index (κ1) is 14.5. The summed E-state index contributed by atoms with van der Waals surface area (Å²) in [7, 11) is 1.66. The van der Waals surface area contributed by atoms with Crippen LogP contribution in [0.1, 0.15) is 5.56 Å². The van der Waals surface area contributed by atoms with Crippen molar-refractivity contribution in [1.82, 2.24) is 10.3 Å². The van der Waals surface area contributed by atoms with E-state index in [1.165, 1.54) is 6.07 Å². The summed E-state index contributed by atoms with van der Waals surface area (Å²) in [5.41, 5.74) is 0.941. The van der Waals surface area contributed by atoms with Crippen molar-refractivity contribution in [2.75, 3.05) is 20.3 Å². The molecule has 3 nitrogen and oxygen atoms in total. The molecule has 0 aliphatic heterocycles. The molecule has 0 spiro atoms. The zero-order chi connectivity index (χ0) is 13.5. The van der Waals surface area contributed by atoms with Crippen LogP contribution in [-0.4, -0.2) is 25.2 Å². The van der Waals surface area contributed by atoms with E-state index in [4.69, 9.17) is 4.74 Å². The topological polar surface area (TPSA) is 34.1 Å². The maximum absolute atomic E-state index is 13.3. The lowest BCUT2D eigenvalue weighted by atomic mass is 10.2. The van der Waals surface area contributed by atoms with Crippen molar-refractivity contribution >= 4 is 23.1 Å². The number of hydrogen-bond acceptors (Lipinski definition) is 5. The highest BCUT2D eigenvalue weighted by atomic mass is 32.2.